The molecule has 98 valence electrons. The number of carbonyl (C=O) groups is 1. The molecule has 0 saturated carbocycles. The lowest BCUT2D eigenvalue weighted by atomic mass is 10.1. The summed E-state index contributed by atoms with van der Waals surface area (Å²) in [5.74, 6) is -0.399. The molecule has 1 unspecified atom stereocenters. The molecule has 0 radical (unpaired) electrons. The van der Waals surface area contributed by atoms with Gasteiger partial charge in [-0.2, -0.15) is 0 Å². The lowest BCUT2D eigenvalue weighted by molar-refractivity contribution is 0.100. The second kappa shape index (κ2) is 5.71. The van der Waals surface area contributed by atoms with Crippen LogP contribution in [0.3, 0.4) is 0 Å². The molecule has 0 spiro atoms. The van der Waals surface area contributed by atoms with Gasteiger partial charge in [-0.3, -0.25) is 4.79 Å². The van der Waals surface area contributed by atoms with Crippen LogP contribution >= 0.6 is 15.9 Å². The predicted octanol–water partition coefficient (Wildman–Crippen LogP) is 1.74. The molecule has 0 aromatic heterocycles. The number of carbonyl (C=O) groups excluding carboxylic acids is 1. The van der Waals surface area contributed by atoms with Crippen molar-refractivity contribution in [2.75, 3.05) is 25.0 Å². The van der Waals surface area contributed by atoms with Gasteiger partial charge in [0.2, 0.25) is 5.91 Å². The van der Waals surface area contributed by atoms with Gasteiger partial charge in [-0.05, 0) is 53.5 Å². The Kier molecular flexibility index (Phi) is 4.24. The van der Waals surface area contributed by atoms with E-state index in [-0.39, 0.29) is 0 Å². The number of primary amides is 1. The number of nitrogens with one attached hydrogen (secondary N) is 1. The third kappa shape index (κ3) is 2.84. The van der Waals surface area contributed by atoms with E-state index in [4.69, 9.17) is 5.73 Å². The van der Waals surface area contributed by atoms with Crippen LogP contribution in [0.15, 0.2) is 22.7 Å². The Hall–Kier alpha value is -1.07. The summed E-state index contributed by atoms with van der Waals surface area (Å²) in [6, 6.07) is 5.99. The molecular formula is C13H18BrN3O. The molecule has 4 nitrogen and oxygen atoms in total. The topological polar surface area (TPSA) is 58.4 Å². The van der Waals surface area contributed by atoms with Crippen LogP contribution in [0, 0.1) is 0 Å². The van der Waals surface area contributed by atoms with Crippen LogP contribution in [0.25, 0.3) is 0 Å². The van der Waals surface area contributed by atoms with Crippen molar-refractivity contribution in [3.05, 3.63) is 28.2 Å². The molecule has 1 amide bonds. The fourth-order valence-corrected chi connectivity index (χ4v) is 2.97. The lowest BCUT2D eigenvalue weighted by Crippen LogP contribution is -2.44. The highest BCUT2D eigenvalue weighted by molar-refractivity contribution is 9.10. The maximum absolute atomic E-state index is 11.1. The highest BCUT2D eigenvalue weighted by Crippen LogP contribution is 2.29. The molecule has 0 bridgehead atoms. The number of halogens is 1. The van der Waals surface area contributed by atoms with Crippen molar-refractivity contribution in [2.24, 2.45) is 5.73 Å². The molecule has 1 aromatic rings. The van der Waals surface area contributed by atoms with Gasteiger partial charge in [-0.15, -0.1) is 0 Å². The van der Waals surface area contributed by atoms with Crippen LogP contribution in [0.2, 0.25) is 0 Å². The molecule has 1 atom stereocenters. The second-order valence-electron chi connectivity index (χ2n) is 4.64. The molecular weight excluding hydrogens is 294 g/mol. The second-order valence-corrected chi connectivity index (χ2v) is 5.50. The Balaban J connectivity index is 2.19. The van der Waals surface area contributed by atoms with Crippen molar-refractivity contribution in [3.8, 4) is 0 Å². The Labute approximate surface area is 116 Å². The van der Waals surface area contributed by atoms with Gasteiger partial charge in [0.15, 0.2) is 0 Å². The molecule has 1 aliphatic rings. The number of likely N-dealkylation sites (N-methyl/N-ethyl adjacent to an activating group) is 1. The Morgan fingerprint density at radius 1 is 1.56 bits per heavy atom. The van der Waals surface area contributed by atoms with Gasteiger partial charge in [0.25, 0.3) is 0 Å². The minimum atomic E-state index is -0.399. The van der Waals surface area contributed by atoms with E-state index in [0.29, 0.717) is 11.6 Å². The van der Waals surface area contributed by atoms with E-state index in [2.05, 4.69) is 33.2 Å². The molecule has 0 aliphatic carbocycles. The molecule has 1 heterocycles. The summed E-state index contributed by atoms with van der Waals surface area (Å²) in [6.07, 6.45) is 2.39. The summed E-state index contributed by atoms with van der Waals surface area (Å²) >= 11 is 3.51. The number of hydrogen-bond donors (Lipinski definition) is 2. The molecule has 2 rings (SSSR count). The van der Waals surface area contributed by atoms with Crippen molar-refractivity contribution in [1.29, 1.82) is 0 Å². The van der Waals surface area contributed by atoms with E-state index < -0.39 is 5.91 Å². The van der Waals surface area contributed by atoms with Crippen molar-refractivity contribution < 1.29 is 4.79 Å². The first-order valence-corrected chi connectivity index (χ1v) is 6.92. The number of rotatable bonds is 3. The van der Waals surface area contributed by atoms with Crippen molar-refractivity contribution in [1.82, 2.24) is 5.32 Å². The van der Waals surface area contributed by atoms with Crippen LogP contribution in [-0.2, 0) is 0 Å². The van der Waals surface area contributed by atoms with Gasteiger partial charge >= 0.3 is 0 Å². The smallest absolute Gasteiger partial charge is 0.248 e. The fourth-order valence-electron chi connectivity index (χ4n) is 2.31. The molecule has 1 aliphatic heterocycles. The third-order valence-electron chi connectivity index (χ3n) is 3.43. The van der Waals surface area contributed by atoms with E-state index >= 15 is 0 Å². The zero-order chi connectivity index (χ0) is 13.1. The number of benzene rings is 1. The van der Waals surface area contributed by atoms with Crippen molar-refractivity contribution in [3.63, 3.8) is 0 Å². The number of nitrogens with zero attached hydrogens (tertiary/aromatic N) is 1. The normalized spacial score (nSPS) is 19.6. The highest BCUT2D eigenvalue weighted by Gasteiger charge is 2.19. The first-order valence-electron chi connectivity index (χ1n) is 6.12. The van der Waals surface area contributed by atoms with Crippen LogP contribution < -0.4 is 16.0 Å². The average Bonchev–Trinajstić information content (AvgIpc) is 2.38. The maximum atomic E-state index is 11.1. The number of nitrogens with two attached hydrogens (primary N) is 1. The van der Waals surface area contributed by atoms with Gasteiger partial charge in [0, 0.05) is 29.7 Å². The summed E-state index contributed by atoms with van der Waals surface area (Å²) in [4.78, 5) is 13.4. The molecule has 1 saturated heterocycles. The molecule has 5 heteroatoms. The summed E-state index contributed by atoms with van der Waals surface area (Å²) in [5.41, 5.74) is 6.89. The first kappa shape index (κ1) is 13.4. The number of piperidine rings is 1. The van der Waals surface area contributed by atoms with Gasteiger partial charge in [-0.25, -0.2) is 0 Å². The molecule has 1 aromatic carbocycles. The van der Waals surface area contributed by atoms with Crippen LogP contribution in [0.1, 0.15) is 23.2 Å². The van der Waals surface area contributed by atoms with Crippen molar-refractivity contribution in [2.45, 2.75) is 18.9 Å². The van der Waals surface area contributed by atoms with E-state index in [9.17, 15) is 4.79 Å². The third-order valence-corrected chi connectivity index (χ3v) is 4.07. The summed E-state index contributed by atoms with van der Waals surface area (Å²) in [7, 11) is 2.09. The maximum Gasteiger partial charge on any atom is 0.248 e. The van der Waals surface area contributed by atoms with E-state index in [1.807, 2.05) is 6.07 Å². The minimum absolute atomic E-state index is 0.399. The van der Waals surface area contributed by atoms with Crippen LogP contribution in [0.4, 0.5) is 5.69 Å². The fraction of sp³-hybridized carbons (Fsp3) is 0.462. The molecule has 1 fully saturated rings. The highest BCUT2D eigenvalue weighted by atomic mass is 79.9. The minimum Gasteiger partial charge on any atom is -0.369 e. The quantitative estimate of drug-likeness (QED) is 0.894. The molecule has 18 heavy (non-hydrogen) atoms. The Morgan fingerprint density at radius 3 is 2.89 bits per heavy atom. The largest absolute Gasteiger partial charge is 0.369 e. The van der Waals surface area contributed by atoms with Gasteiger partial charge in [0.1, 0.15) is 0 Å². The standard InChI is InChI=1S/C13H18BrN3O/c1-17(10-3-2-6-16-8-10)12-5-4-9(13(15)18)7-11(12)14/h4-5,7,10,16H,2-3,6,8H2,1H3,(H2,15,18). The zero-order valence-corrected chi connectivity index (χ0v) is 12.0. The monoisotopic (exact) mass is 311 g/mol. The Bertz CT molecular complexity index is 444. The number of hydrogen-bond acceptors (Lipinski definition) is 3. The number of amides is 1. The first-order chi connectivity index (χ1) is 8.59. The van der Waals surface area contributed by atoms with Crippen LogP contribution in [0.5, 0.6) is 0 Å². The van der Waals surface area contributed by atoms with E-state index in [1.54, 1.807) is 12.1 Å². The summed E-state index contributed by atoms with van der Waals surface area (Å²) in [5, 5.41) is 3.40. The van der Waals surface area contributed by atoms with Crippen LogP contribution in [-0.4, -0.2) is 32.1 Å². The lowest BCUT2D eigenvalue weighted by Gasteiger charge is -2.34. The van der Waals surface area contributed by atoms with Crippen molar-refractivity contribution >= 4 is 27.5 Å². The average molecular weight is 312 g/mol. The van der Waals surface area contributed by atoms with Gasteiger partial charge in [-0.1, -0.05) is 0 Å². The summed E-state index contributed by atoms with van der Waals surface area (Å²) < 4.78 is 0.909. The predicted molar refractivity (Wildman–Crippen MR) is 77.0 cm³/mol. The van der Waals surface area contributed by atoms with Gasteiger partial charge < -0.3 is 16.0 Å². The van der Waals surface area contributed by atoms with Gasteiger partial charge in [0.05, 0.1) is 5.69 Å². The van der Waals surface area contributed by atoms with E-state index in [0.717, 1.165) is 23.2 Å². The number of anilines is 1. The van der Waals surface area contributed by atoms with E-state index in [1.165, 1.54) is 12.8 Å². The summed E-state index contributed by atoms with van der Waals surface area (Å²) in [6.45, 7) is 2.10. The molecule has 3 N–H and O–H groups in total. The zero-order valence-electron chi connectivity index (χ0n) is 10.4. The SMILES string of the molecule is CN(c1ccc(C(N)=O)cc1Br)C1CCCNC1. The Morgan fingerprint density at radius 2 is 2.33 bits per heavy atom.